The Morgan fingerprint density at radius 2 is 2.60 bits per heavy atom. The molecule has 0 bridgehead atoms. The summed E-state index contributed by atoms with van der Waals surface area (Å²) < 4.78 is 0. The molecule has 0 aliphatic rings. The molecule has 1 aromatic rings. The van der Waals surface area contributed by atoms with Crippen molar-refractivity contribution in [3.05, 3.63) is 11.9 Å². The normalized spacial score (nSPS) is 8.00. The Kier molecular flexibility index (Phi) is 1.66. The molecule has 50 valence electrons. The van der Waals surface area contributed by atoms with Crippen molar-refractivity contribution in [1.29, 1.82) is 0 Å². The minimum absolute atomic E-state index is 0.322. The maximum Gasteiger partial charge on any atom is 0.382 e. The molecule has 0 aliphatic heterocycles. The van der Waals surface area contributed by atoms with E-state index < -0.39 is 5.97 Å². The SMILES string of the molecule is O=C(O)C#Cc1cn[nH]n1. The van der Waals surface area contributed by atoms with Crippen LogP contribution in [-0.2, 0) is 4.79 Å². The number of aromatic amines is 1. The van der Waals surface area contributed by atoms with Crippen LogP contribution in [0.15, 0.2) is 6.20 Å². The molecule has 0 saturated carbocycles. The zero-order valence-corrected chi connectivity index (χ0v) is 4.83. The van der Waals surface area contributed by atoms with Crippen LogP contribution < -0.4 is 0 Å². The Morgan fingerprint density at radius 3 is 3.10 bits per heavy atom. The summed E-state index contributed by atoms with van der Waals surface area (Å²) in [5, 5.41) is 17.3. The summed E-state index contributed by atoms with van der Waals surface area (Å²) in [6, 6.07) is 0. The quantitative estimate of drug-likeness (QED) is 0.461. The standard InChI is InChI=1S/C5H3N3O2/c9-5(10)2-1-4-3-6-8-7-4/h3H,(H,9,10)(H,6,7,8). The van der Waals surface area contributed by atoms with Gasteiger partial charge in [0.25, 0.3) is 0 Å². The molecule has 1 rings (SSSR count). The molecular formula is C5H3N3O2. The molecule has 0 spiro atoms. The number of carboxylic acid groups (broad SMARTS) is 1. The molecule has 0 aliphatic carbocycles. The fourth-order valence-corrected chi connectivity index (χ4v) is 0.379. The number of carboxylic acids is 1. The van der Waals surface area contributed by atoms with E-state index in [-0.39, 0.29) is 0 Å². The van der Waals surface area contributed by atoms with E-state index >= 15 is 0 Å². The number of hydrogen-bond donors (Lipinski definition) is 2. The molecule has 1 heterocycles. The maximum absolute atomic E-state index is 9.86. The van der Waals surface area contributed by atoms with Crippen LogP contribution in [-0.4, -0.2) is 26.5 Å². The number of carbonyl (C=O) groups is 1. The maximum atomic E-state index is 9.86. The van der Waals surface area contributed by atoms with E-state index in [9.17, 15) is 4.79 Å². The first kappa shape index (κ1) is 6.29. The van der Waals surface area contributed by atoms with Gasteiger partial charge in [-0.05, 0) is 5.92 Å². The van der Waals surface area contributed by atoms with Crippen LogP contribution in [0.5, 0.6) is 0 Å². The smallest absolute Gasteiger partial charge is 0.382 e. The third-order valence-corrected chi connectivity index (χ3v) is 0.713. The van der Waals surface area contributed by atoms with Gasteiger partial charge in [-0.3, -0.25) is 0 Å². The van der Waals surface area contributed by atoms with Gasteiger partial charge in [0.05, 0.1) is 6.20 Å². The molecule has 0 atom stereocenters. The summed E-state index contributed by atoms with van der Waals surface area (Å²) in [5.74, 6) is 2.98. The van der Waals surface area contributed by atoms with Crippen molar-refractivity contribution in [1.82, 2.24) is 15.4 Å². The van der Waals surface area contributed by atoms with Gasteiger partial charge < -0.3 is 5.11 Å². The predicted molar refractivity (Wildman–Crippen MR) is 30.9 cm³/mol. The molecule has 0 unspecified atom stereocenters. The molecule has 5 nitrogen and oxygen atoms in total. The van der Waals surface area contributed by atoms with Gasteiger partial charge in [0.1, 0.15) is 0 Å². The first-order valence-corrected chi connectivity index (χ1v) is 2.40. The van der Waals surface area contributed by atoms with Crippen LogP contribution in [0, 0.1) is 11.8 Å². The minimum Gasteiger partial charge on any atom is -0.472 e. The van der Waals surface area contributed by atoms with Gasteiger partial charge in [0.15, 0.2) is 5.69 Å². The molecule has 10 heavy (non-hydrogen) atoms. The first-order chi connectivity index (χ1) is 4.79. The lowest BCUT2D eigenvalue weighted by molar-refractivity contribution is -0.130. The van der Waals surface area contributed by atoms with E-state index in [1.54, 1.807) is 0 Å². The summed E-state index contributed by atoms with van der Waals surface area (Å²) in [7, 11) is 0. The topological polar surface area (TPSA) is 78.9 Å². The molecule has 2 N–H and O–H groups in total. The first-order valence-electron chi connectivity index (χ1n) is 2.40. The Balaban J connectivity index is 2.75. The lowest BCUT2D eigenvalue weighted by Gasteiger charge is -1.70. The Bertz CT molecular complexity index is 280. The predicted octanol–water partition coefficient (Wildman–Crippen LogP) is -0.759. The zero-order valence-electron chi connectivity index (χ0n) is 4.83. The van der Waals surface area contributed by atoms with Crippen LogP contribution >= 0.6 is 0 Å². The Hall–Kier alpha value is -1.83. The summed E-state index contributed by atoms with van der Waals surface area (Å²) >= 11 is 0. The highest BCUT2D eigenvalue weighted by atomic mass is 16.4. The van der Waals surface area contributed by atoms with Crippen molar-refractivity contribution in [3.8, 4) is 11.8 Å². The van der Waals surface area contributed by atoms with E-state index in [4.69, 9.17) is 5.11 Å². The molecule has 0 radical (unpaired) electrons. The number of nitrogens with zero attached hydrogens (tertiary/aromatic N) is 2. The van der Waals surface area contributed by atoms with Gasteiger partial charge in [0.2, 0.25) is 0 Å². The lowest BCUT2D eigenvalue weighted by Crippen LogP contribution is -1.87. The lowest BCUT2D eigenvalue weighted by atomic mass is 10.5. The fourth-order valence-electron chi connectivity index (χ4n) is 0.379. The molecular weight excluding hydrogens is 134 g/mol. The third kappa shape index (κ3) is 1.59. The van der Waals surface area contributed by atoms with Crippen molar-refractivity contribution in [2.75, 3.05) is 0 Å². The van der Waals surface area contributed by atoms with Crippen LogP contribution in [0.2, 0.25) is 0 Å². The summed E-state index contributed by atoms with van der Waals surface area (Å²) in [5.41, 5.74) is 0.322. The zero-order chi connectivity index (χ0) is 7.40. The second-order valence-corrected chi connectivity index (χ2v) is 1.41. The van der Waals surface area contributed by atoms with Crippen LogP contribution in [0.25, 0.3) is 0 Å². The van der Waals surface area contributed by atoms with Crippen molar-refractivity contribution in [3.63, 3.8) is 0 Å². The van der Waals surface area contributed by atoms with Gasteiger partial charge in [-0.1, -0.05) is 0 Å². The van der Waals surface area contributed by atoms with Gasteiger partial charge in [-0.15, -0.1) is 5.10 Å². The van der Waals surface area contributed by atoms with E-state index in [1.165, 1.54) is 6.20 Å². The van der Waals surface area contributed by atoms with Crippen LogP contribution in [0.3, 0.4) is 0 Å². The molecule has 0 amide bonds. The summed E-state index contributed by atoms with van der Waals surface area (Å²) in [6.45, 7) is 0. The van der Waals surface area contributed by atoms with Crippen LogP contribution in [0.4, 0.5) is 0 Å². The number of hydrogen-bond acceptors (Lipinski definition) is 3. The highest BCUT2D eigenvalue weighted by Crippen LogP contribution is 1.81. The summed E-state index contributed by atoms with van der Waals surface area (Å²) in [6.07, 6.45) is 1.34. The van der Waals surface area contributed by atoms with Gasteiger partial charge in [-0.2, -0.15) is 10.3 Å². The summed E-state index contributed by atoms with van der Waals surface area (Å²) in [4.78, 5) is 9.86. The number of H-pyrrole nitrogens is 1. The molecule has 1 aromatic heterocycles. The highest BCUT2D eigenvalue weighted by molar-refractivity contribution is 5.87. The van der Waals surface area contributed by atoms with Crippen molar-refractivity contribution >= 4 is 5.97 Å². The minimum atomic E-state index is -1.18. The van der Waals surface area contributed by atoms with Gasteiger partial charge in [0, 0.05) is 5.92 Å². The van der Waals surface area contributed by atoms with E-state index in [0.717, 1.165) is 0 Å². The number of aliphatic carboxylic acids is 1. The number of aromatic nitrogens is 3. The van der Waals surface area contributed by atoms with Gasteiger partial charge in [-0.25, -0.2) is 4.79 Å². The second-order valence-electron chi connectivity index (χ2n) is 1.41. The van der Waals surface area contributed by atoms with Crippen LogP contribution in [0.1, 0.15) is 5.69 Å². The Morgan fingerprint density at radius 1 is 1.80 bits per heavy atom. The Labute approximate surface area is 56.1 Å². The van der Waals surface area contributed by atoms with E-state index in [0.29, 0.717) is 5.69 Å². The second kappa shape index (κ2) is 2.64. The van der Waals surface area contributed by atoms with Gasteiger partial charge >= 0.3 is 5.97 Å². The molecule has 0 aromatic carbocycles. The molecule has 0 fully saturated rings. The largest absolute Gasteiger partial charge is 0.472 e. The third-order valence-electron chi connectivity index (χ3n) is 0.713. The average molecular weight is 137 g/mol. The number of rotatable bonds is 0. The van der Waals surface area contributed by atoms with Crippen molar-refractivity contribution < 1.29 is 9.90 Å². The van der Waals surface area contributed by atoms with E-state index in [2.05, 4.69) is 21.3 Å². The highest BCUT2D eigenvalue weighted by Gasteiger charge is 1.88. The van der Waals surface area contributed by atoms with E-state index in [1.807, 2.05) is 5.92 Å². The number of nitrogens with one attached hydrogen (secondary N) is 1. The van der Waals surface area contributed by atoms with Crippen molar-refractivity contribution in [2.24, 2.45) is 0 Å². The molecule has 0 saturated heterocycles. The monoisotopic (exact) mass is 137 g/mol. The average Bonchev–Trinajstić information content (AvgIpc) is 2.34. The molecule has 5 heteroatoms. The van der Waals surface area contributed by atoms with Crippen molar-refractivity contribution in [2.45, 2.75) is 0 Å². The fraction of sp³-hybridized carbons (Fsp3) is 0.